The van der Waals surface area contributed by atoms with E-state index in [0.717, 1.165) is 16.1 Å². The lowest BCUT2D eigenvalue weighted by atomic mass is 10.2. The van der Waals surface area contributed by atoms with Crippen molar-refractivity contribution >= 4 is 12.6 Å². The van der Waals surface area contributed by atoms with Crippen molar-refractivity contribution in [3.63, 3.8) is 0 Å². The van der Waals surface area contributed by atoms with Crippen LogP contribution in [-0.4, -0.2) is 0 Å². The summed E-state index contributed by atoms with van der Waals surface area (Å²) in [6.45, 7) is 11.2. The lowest BCUT2D eigenvalue weighted by molar-refractivity contribution is 1.43. The molecule has 0 heterocycles. The first-order chi connectivity index (χ1) is 4.09. The third-order valence-corrected chi connectivity index (χ3v) is 1.82. The van der Waals surface area contributed by atoms with Gasteiger partial charge in [-0.05, 0) is 25.0 Å². The van der Waals surface area contributed by atoms with Crippen LogP contribution in [-0.2, 0) is 0 Å². The summed E-state index contributed by atoms with van der Waals surface area (Å²) in [6, 6.07) is 0. The molecule has 0 radical (unpaired) electrons. The van der Waals surface area contributed by atoms with Crippen molar-refractivity contribution in [1.29, 1.82) is 0 Å². The summed E-state index contributed by atoms with van der Waals surface area (Å²) in [7, 11) is 0. The van der Waals surface area contributed by atoms with Crippen LogP contribution in [0.25, 0.3) is 0 Å². The fourth-order valence-electron chi connectivity index (χ4n) is 0.433. The van der Waals surface area contributed by atoms with E-state index >= 15 is 0 Å². The standard InChI is InChI=1S/C8H12S/c1-5-7(4)8(9)6(2)3/h5,9H,1-2H2,3-4H3/b8-7+. The predicted octanol–water partition coefficient (Wildman–Crippen LogP) is 2.95. The third-order valence-electron chi connectivity index (χ3n) is 1.08. The quantitative estimate of drug-likeness (QED) is 0.442. The first-order valence-corrected chi connectivity index (χ1v) is 3.22. The van der Waals surface area contributed by atoms with Gasteiger partial charge in [-0.1, -0.05) is 19.2 Å². The summed E-state index contributed by atoms with van der Waals surface area (Å²) in [4.78, 5) is 0.935. The predicted molar refractivity (Wildman–Crippen MR) is 46.7 cm³/mol. The largest absolute Gasteiger partial charge is 0.143 e. The molecule has 0 saturated carbocycles. The van der Waals surface area contributed by atoms with Crippen LogP contribution in [0.2, 0.25) is 0 Å². The summed E-state index contributed by atoms with van der Waals surface area (Å²) in [6.07, 6.45) is 1.77. The highest BCUT2D eigenvalue weighted by molar-refractivity contribution is 7.84. The Morgan fingerprint density at radius 1 is 1.44 bits per heavy atom. The van der Waals surface area contributed by atoms with E-state index in [0.29, 0.717) is 0 Å². The Kier molecular flexibility index (Phi) is 3.40. The molecule has 0 rings (SSSR count). The Morgan fingerprint density at radius 3 is 2.00 bits per heavy atom. The molecular formula is C8H12S. The minimum Gasteiger partial charge on any atom is -0.143 e. The van der Waals surface area contributed by atoms with Gasteiger partial charge in [0, 0.05) is 4.91 Å². The van der Waals surface area contributed by atoms with Crippen molar-refractivity contribution in [1.82, 2.24) is 0 Å². The zero-order valence-electron chi connectivity index (χ0n) is 5.94. The SMILES string of the molecule is C=C/C(C)=C(/S)C(=C)C. The summed E-state index contributed by atoms with van der Waals surface area (Å²) in [5.74, 6) is 0. The fraction of sp³-hybridized carbons (Fsp3) is 0.250. The molecule has 0 unspecified atom stereocenters. The normalized spacial score (nSPS) is 12.3. The average molecular weight is 140 g/mol. The van der Waals surface area contributed by atoms with Crippen LogP contribution in [0, 0.1) is 0 Å². The van der Waals surface area contributed by atoms with Crippen molar-refractivity contribution in [3.05, 3.63) is 35.3 Å². The van der Waals surface area contributed by atoms with Gasteiger partial charge in [-0.25, -0.2) is 0 Å². The number of allylic oxidation sites excluding steroid dienone is 3. The molecule has 1 heteroatoms. The molecule has 0 aliphatic rings. The molecule has 0 aromatic carbocycles. The Hall–Kier alpha value is -0.430. The summed E-state index contributed by atoms with van der Waals surface area (Å²) < 4.78 is 0. The van der Waals surface area contributed by atoms with Gasteiger partial charge >= 0.3 is 0 Å². The monoisotopic (exact) mass is 140 g/mol. The van der Waals surface area contributed by atoms with E-state index in [2.05, 4.69) is 25.8 Å². The van der Waals surface area contributed by atoms with Gasteiger partial charge in [-0.15, -0.1) is 12.6 Å². The van der Waals surface area contributed by atoms with Crippen molar-refractivity contribution < 1.29 is 0 Å². The summed E-state index contributed by atoms with van der Waals surface area (Å²) in [5.41, 5.74) is 2.06. The van der Waals surface area contributed by atoms with Crippen LogP contribution in [0.3, 0.4) is 0 Å². The van der Waals surface area contributed by atoms with Crippen molar-refractivity contribution in [2.24, 2.45) is 0 Å². The number of hydrogen-bond donors (Lipinski definition) is 1. The highest BCUT2D eigenvalue weighted by Crippen LogP contribution is 2.16. The van der Waals surface area contributed by atoms with Crippen LogP contribution in [0.4, 0.5) is 0 Å². The third kappa shape index (κ3) is 2.56. The van der Waals surface area contributed by atoms with Gasteiger partial charge in [0.2, 0.25) is 0 Å². The molecule has 0 spiro atoms. The van der Waals surface area contributed by atoms with Crippen LogP contribution in [0.1, 0.15) is 13.8 Å². The van der Waals surface area contributed by atoms with E-state index in [-0.39, 0.29) is 0 Å². The number of rotatable bonds is 2. The topological polar surface area (TPSA) is 0 Å². The molecule has 0 aromatic rings. The lowest BCUT2D eigenvalue weighted by Crippen LogP contribution is -1.77. The molecule has 9 heavy (non-hydrogen) atoms. The second-order valence-electron chi connectivity index (χ2n) is 2.02. The van der Waals surface area contributed by atoms with Crippen LogP contribution in [0.15, 0.2) is 35.3 Å². The van der Waals surface area contributed by atoms with E-state index in [1.165, 1.54) is 0 Å². The molecule has 0 aliphatic heterocycles. The van der Waals surface area contributed by atoms with E-state index in [1.807, 2.05) is 13.8 Å². The van der Waals surface area contributed by atoms with E-state index in [1.54, 1.807) is 6.08 Å². The van der Waals surface area contributed by atoms with Gasteiger partial charge in [0.1, 0.15) is 0 Å². The Labute approximate surface area is 62.4 Å². The highest BCUT2D eigenvalue weighted by atomic mass is 32.1. The summed E-state index contributed by atoms with van der Waals surface area (Å²) >= 11 is 4.21. The van der Waals surface area contributed by atoms with Crippen LogP contribution in [0.5, 0.6) is 0 Å². The molecule has 0 aliphatic carbocycles. The molecular weight excluding hydrogens is 128 g/mol. The van der Waals surface area contributed by atoms with Gasteiger partial charge in [-0.2, -0.15) is 0 Å². The highest BCUT2D eigenvalue weighted by Gasteiger charge is 1.92. The maximum absolute atomic E-state index is 4.21. The van der Waals surface area contributed by atoms with Crippen LogP contribution < -0.4 is 0 Å². The fourth-order valence-corrected chi connectivity index (χ4v) is 0.525. The number of hydrogen-bond acceptors (Lipinski definition) is 1. The van der Waals surface area contributed by atoms with Crippen molar-refractivity contribution in [3.8, 4) is 0 Å². The van der Waals surface area contributed by atoms with Gasteiger partial charge in [0.15, 0.2) is 0 Å². The van der Waals surface area contributed by atoms with E-state index in [4.69, 9.17) is 0 Å². The molecule has 0 aromatic heterocycles. The van der Waals surface area contributed by atoms with Gasteiger partial charge < -0.3 is 0 Å². The van der Waals surface area contributed by atoms with Gasteiger partial charge in [-0.3, -0.25) is 0 Å². The first kappa shape index (κ1) is 8.57. The maximum Gasteiger partial charge on any atom is 0.00924 e. The second kappa shape index (κ2) is 3.57. The summed E-state index contributed by atoms with van der Waals surface area (Å²) in [5, 5.41) is 0. The molecule has 0 N–H and O–H groups in total. The van der Waals surface area contributed by atoms with Gasteiger partial charge in [0.25, 0.3) is 0 Å². The molecule has 0 fully saturated rings. The maximum atomic E-state index is 4.21. The molecule has 0 bridgehead atoms. The zero-order chi connectivity index (χ0) is 7.44. The minimum atomic E-state index is 0.935. The first-order valence-electron chi connectivity index (χ1n) is 2.77. The molecule has 0 amide bonds. The van der Waals surface area contributed by atoms with E-state index in [9.17, 15) is 0 Å². The molecule has 0 saturated heterocycles. The average Bonchev–Trinajstić information content (AvgIpc) is 1.84. The van der Waals surface area contributed by atoms with Crippen molar-refractivity contribution in [2.45, 2.75) is 13.8 Å². The Bertz CT molecular complexity index is 163. The zero-order valence-corrected chi connectivity index (χ0v) is 6.83. The smallest absolute Gasteiger partial charge is 0.00924 e. The van der Waals surface area contributed by atoms with E-state index < -0.39 is 0 Å². The Morgan fingerprint density at radius 2 is 1.89 bits per heavy atom. The lowest BCUT2D eigenvalue weighted by Gasteiger charge is -1.99. The van der Waals surface area contributed by atoms with Gasteiger partial charge in [0.05, 0.1) is 0 Å². The van der Waals surface area contributed by atoms with Crippen molar-refractivity contribution in [2.75, 3.05) is 0 Å². The Balaban J connectivity index is 4.47. The van der Waals surface area contributed by atoms with Crippen LogP contribution >= 0.6 is 12.6 Å². The minimum absolute atomic E-state index is 0.935. The number of thiol groups is 1. The second-order valence-corrected chi connectivity index (χ2v) is 2.46. The molecule has 0 nitrogen and oxygen atoms in total. The molecule has 0 atom stereocenters. The molecule has 50 valence electrons.